The van der Waals surface area contributed by atoms with Crippen molar-refractivity contribution in [2.45, 2.75) is 31.3 Å². The molecule has 34 heavy (non-hydrogen) atoms. The normalized spacial score (nSPS) is 21.0. The van der Waals surface area contributed by atoms with Gasteiger partial charge in [-0.05, 0) is 30.5 Å². The van der Waals surface area contributed by atoms with Crippen LogP contribution < -0.4 is 22.1 Å². The minimum absolute atomic E-state index is 0.208. The number of imidazole rings is 1. The highest BCUT2D eigenvalue weighted by molar-refractivity contribution is 6.00. The number of aromatic nitrogens is 2. The third-order valence-corrected chi connectivity index (χ3v) is 5.95. The molecule has 184 valence electrons. The Hall–Kier alpha value is -3.71. The second-order valence-electron chi connectivity index (χ2n) is 8.24. The zero-order valence-corrected chi connectivity index (χ0v) is 18.7. The minimum atomic E-state index is -1.33. The molecule has 4 rings (SSSR count). The molecular formula is C21H28N6O7. The van der Waals surface area contributed by atoms with Gasteiger partial charge in [0.15, 0.2) is 0 Å². The van der Waals surface area contributed by atoms with Gasteiger partial charge >= 0.3 is 17.8 Å². The quantitative estimate of drug-likeness (QED) is 0.332. The molecule has 13 heteroatoms. The number of carboxylic acid groups (broad SMARTS) is 2. The summed E-state index contributed by atoms with van der Waals surface area (Å²) in [5.74, 6) is -1.60. The summed E-state index contributed by atoms with van der Waals surface area (Å²) in [6.07, 6.45) is -0.0986. The molecule has 2 saturated heterocycles. The van der Waals surface area contributed by atoms with Crippen molar-refractivity contribution < 1.29 is 29.4 Å². The third-order valence-electron chi connectivity index (χ3n) is 5.95. The molecule has 0 aliphatic carbocycles. The summed E-state index contributed by atoms with van der Waals surface area (Å²) in [6.45, 7) is 2.61. The van der Waals surface area contributed by atoms with E-state index in [1.807, 2.05) is 18.2 Å². The van der Waals surface area contributed by atoms with E-state index in [0.717, 1.165) is 30.6 Å². The van der Waals surface area contributed by atoms with E-state index < -0.39 is 30.1 Å². The molecule has 0 saturated carbocycles. The molecule has 2 aromatic rings. The lowest BCUT2D eigenvalue weighted by molar-refractivity contribution is -0.141. The lowest BCUT2D eigenvalue weighted by atomic mass is 10.1. The Bertz CT molecular complexity index is 1170. The molecular weight excluding hydrogens is 448 g/mol. The largest absolute Gasteiger partial charge is 0.480 e. The third kappa shape index (κ3) is 5.61. The summed E-state index contributed by atoms with van der Waals surface area (Å²) < 4.78 is 2.99. The van der Waals surface area contributed by atoms with Crippen molar-refractivity contribution in [2.75, 3.05) is 26.2 Å². The van der Waals surface area contributed by atoms with Gasteiger partial charge in [0.2, 0.25) is 11.8 Å². The van der Waals surface area contributed by atoms with Gasteiger partial charge in [-0.2, -0.15) is 0 Å². The lowest BCUT2D eigenvalue weighted by Gasteiger charge is -2.31. The second-order valence-corrected chi connectivity index (χ2v) is 8.24. The number of benzene rings is 1. The highest BCUT2D eigenvalue weighted by Gasteiger charge is 2.31. The monoisotopic (exact) mass is 476 g/mol. The first-order valence-corrected chi connectivity index (χ1v) is 10.8. The van der Waals surface area contributed by atoms with Crippen LogP contribution in [0.25, 0.3) is 11.0 Å². The molecule has 2 aliphatic rings. The van der Waals surface area contributed by atoms with Crippen molar-refractivity contribution in [3.63, 3.8) is 0 Å². The second kappa shape index (κ2) is 10.5. The first kappa shape index (κ1) is 24.9. The first-order chi connectivity index (χ1) is 16.1. The number of piperazine rings is 1. The number of carboxylic acids is 1. The molecule has 2 atom stereocenters. The maximum atomic E-state index is 12.8. The van der Waals surface area contributed by atoms with Gasteiger partial charge in [0, 0.05) is 39.6 Å². The summed E-state index contributed by atoms with van der Waals surface area (Å²) >= 11 is 0. The molecule has 2 fully saturated rings. The summed E-state index contributed by atoms with van der Waals surface area (Å²) in [5, 5.41) is 21.7. The van der Waals surface area contributed by atoms with E-state index in [1.165, 1.54) is 9.13 Å². The van der Waals surface area contributed by atoms with Crippen LogP contribution in [0.2, 0.25) is 0 Å². The Morgan fingerprint density at radius 1 is 1.18 bits per heavy atom. The van der Waals surface area contributed by atoms with E-state index in [4.69, 9.17) is 9.90 Å². The predicted octanol–water partition coefficient (Wildman–Crippen LogP) is -1.16. The maximum absolute atomic E-state index is 12.8. The number of carbonyl (C=O) groups excluding carboxylic acids is 2. The molecule has 3 heterocycles. The van der Waals surface area contributed by atoms with E-state index in [1.54, 1.807) is 7.05 Å². The van der Waals surface area contributed by atoms with Gasteiger partial charge in [0.1, 0.15) is 12.1 Å². The Morgan fingerprint density at radius 2 is 1.88 bits per heavy atom. The number of hydrogen-bond acceptors (Lipinski definition) is 7. The van der Waals surface area contributed by atoms with Gasteiger partial charge in [-0.1, -0.05) is 6.07 Å². The molecule has 2 aliphatic heterocycles. The van der Waals surface area contributed by atoms with Crippen molar-refractivity contribution in [3.8, 4) is 0 Å². The minimum Gasteiger partial charge on any atom is -0.480 e. The van der Waals surface area contributed by atoms with Crippen molar-refractivity contribution in [2.24, 2.45) is 12.8 Å². The molecule has 3 amide bonds. The predicted molar refractivity (Wildman–Crippen MR) is 120 cm³/mol. The van der Waals surface area contributed by atoms with Gasteiger partial charge in [-0.25, -0.2) is 9.59 Å². The number of amides is 3. The Balaban J connectivity index is 0.000000751. The molecule has 1 unspecified atom stereocenters. The fraction of sp³-hybridized carbons (Fsp3) is 0.476. The summed E-state index contributed by atoms with van der Waals surface area (Å²) in [6, 6.07) is 4.47. The van der Waals surface area contributed by atoms with E-state index in [2.05, 4.69) is 21.3 Å². The van der Waals surface area contributed by atoms with Crippen molar-refractivity contribution in [1.29, 1.82) is 0 Å². The number of nitrogens with two attached hydrogens (primary N) is 1. The number of rotatable bonds is 5. The van der Waals surface area contributed by atoms with Crippen molar-refractivity contribution >= 4 is 34.9 Å². The summed E-state index contributed by atoms with van der Waals surface area (Å²) in [7, 11) is 1.67. The van der Waals surface area contributed by atoms with Crippen molar-refractivity contribution in [1.82, 2.24) is 24.7 Å². The number of primary amides is 1. The number of piperidine rings is 1. The van der Waals surface area contributed by atoms with E-state index in [-0.39, 0.29) is 18.0 Å². The number of hydrogen-bond donors (Lipinski definition) is 5. The van der Waals surface area contributed by atoms with Crippen LogP contribution in [-0.2, 0) is 27.9 Å². The highest BCUT2D eigenvalue weighted by atomic mass is 16.4. The summed E-state index contributed by atoms with van der Waals surface area (Å²) in [5.41, 5.74) is 6.16. The number of aryl methyl sites for hydroxylation is 1. The van der Waals surface area contributed by atoms with Crippen LogP contribution in [0.15, 0.2) is 23.0 Å². The number of fused-ring (bicyclic) bond motifs is 1. The van der Waals surface area contributed by atoms with Crippen LogP contribution in [0.1, 0.15) is 24.4 Å². The van der Waals surface area contributed by atoms with Gasteiger partial charge in [-0.15, -0.1) is 0 Å². The van der Waals surface area contributed by atoms with Gasteiger partial charge in [0.25, 0.3) is 0 Å². The average Bonchev–Trinajstić information content (AvgIpc) is 3.02. The molecule has 1 aromatic carbocycles. The van der Waals surface area contributed by atoms with Crippen LogP contribution >= 0.6 is 0 Å². The van der Waals surface area contributed by atoms with Gasteiger partial charge < -0.3 is 21.3 Å². The van der Waals surface area contributed by atoms with Crippen molar-refractivity contribution in [3.05, 3.63) is 34.2 Å². The SMILES string of the molecule is Cn1c(=O)n(C2CCC(=O)NC2=O)c2ccc(CCN3CCN[C@H](C(=O)O)C3)cc21.NC(=O)O. The molecule has 0 spiro atoms. The molecule has 1 aromatic heterocycles. The zero-order chi connectivity index (χ0) is 25.0. The smallest absolute Gasteiger partial charge is 0.402 e. The van der Waals surface area contributed by atoms with E-state index in [9.17, 15) is 24.3 Å². The Kier molecular flexibility index (Phi) is 7.68. The summed E-state index contributed by atoms with van der Waals surface area (Å²) in [4.78, 5) is 58.6. The standard InChI is InChI=1S/C20H25N5O5.CH3NO2/c1-23-16-10-12(6-8-24-9-7-21-13(11-24)19(28)29)2-3-14(16)25(20(23)30)15-4-5-17(26)22-18(15)27;2-1(3)4/h2-3,10,13,15,21H,4-9,11H2,1H3,(H,28,29)(H,22,26,27);2H2,(H,3,4)/t13-,15?;/m0./s1. The maximum Gasteiger partial charge on any atom is 0.402 e. The van der Waals surface area contributed by atoms with Crippen LogP contribution in [0.4, 0.5) is 4.79 Å². The number of nitrogens with one attached hydrogen (secondary N) is 2. The van der Waals surface area contributed by atoms with Crippen LogP contribution in [0.5, 0.6) is 0 Å². The first-order valence-electron chi connectivity index (χ1n) is 10.8. The fourth-order valence-corrected chi connectivity index (χ4v) is 4.26. The molecule has 0 bridgehead atoms. The molecule has 13 nitrogen and oxygen atoms in total. The van der Waals surface area contributed by atoms with Crippen LogP contribution in [0, 0.1) is 0 Å². The van der Waals surface area contributed by atoms with E-state index >= 15 is 0 Å². The zero-order valence-electron chi connectivity index (χ0n) is 18.7. The van der Waals surface area contributed by atoms with Gasteiger partial charge in [0.05, 0.1) is 11.0 Å². The average molecular weight is 476 g/mol. The number of aliphatic carboxylic acids is 1. The van der Waals surface area contributed by atoms with Crippen LogP contribution in [0.3, 0.4) is 0 Å². The number of imide groups is 1. The van der Waals surface area contributed by atoms with Crippen LogP contribution in [-0.4, -0.2) is 80.3 Å². The van der Waals surface area contributed by atoms with E-state index in [0.29, 0.717) is 25.0 Å². The number of nitrogens with zero attached hydrogens (tertiary/aromatic N) is 3. The Morgan fingerprint density at radius 3 is 2.53 bits per heavy atom. The topological polar surface area (TPSA) is 189 Å². The fourth-order valence-electron chi connectivity index (χ4n) is 4.26. The molecule has 6 N–H and O–H groups in total. The Labute approximate surface area is 194 Å². The lowest BCUT2D eigenvalue weighted by Crippen LogP contribution is -2.54. The highest BCUT2D eigenvalue weighted by Crippen LogP contribution is 2.24. The van der Waals surface area contributed by atoms with Gasteiger partial charge in [-0.3, -0.25) is 33.7 Å². The molecule has 0 radical (unpaired) electrons. The number of carbonyl (C=O) groups is 4.